The highest BCUT2D eigenvalue weighted by molar-refractivity contribution is 5.95. The number of aromatic nitrogens is 1. The van der Waals surface area contributed by atoms with Gasteiger partial charge in [-0.05, 0) is 32.3 Å². The predicted octanol–water partition coefficient (Wildman–Crippen LogP) is 0.227. The maximum Gasteiger partial charge on any atom is 0.315 e. The summed E-state index contributed by atoms with van der Waals surface area (Å²) in [5.74, 6) is 0.0341. The monoisotopic (exact) mass is 401 g/mol. The quantitative estimate of drug-likeness (QED) is 0.659. The van der Waals surface area contributed by atoms with Gasteiger partial charge in [0.25, 0.3) is 5.91 Å². The number of urea groups is 1. The van der Waals surface area contributed by atoms with Crippen LogP contribution < -0.4 is 10.6 Å². The van der Waals surface area contributed by atoms with E-state index >= 15 is 0 Å². The van der Waals surface area contributed by atoms with Crippen LogP contribution in [0.5, 0.6) is 0 Å². The molecule has 3 atom stereocenters. The summed E-state index contributed by atoms with van der Waals surface area (Å²) < 4.78 is 5.94. The number of carbonyl (C=O) groups excluding carboxylic acids is 3. The highest BCUT2D eigenvalue weighted by Gasteiger charge is 2.51. The molecule has 1 saturated carbocycles. The van der Waals surface area contributed by atoms with Gasteiger partial charge in [0.1, 0.15) is 0 Å². The Morgan fingerprint density at radius 1 is 1.28 bits per heavy atom. The van der Waals surface area contributed by atoms with Crippen molar-refractivity contribution in [1.82, 2.24) is 25.4 Å². The number of ether oxygens (including phenoxy) is 1. The molecule has 1 aromatic heterocycles. The number of amides is 4. The van der Waals surface area contributed by atoms with Crippen LogP contribution in [0.25, 0.3) is 0 Å². The fraction of sp³-hybridized carbons (Fsp3) is 0.650. The number of H-pyrrole nitrogens is 1. The summed E-state index contributed by atoms with van der Waals surface area (Å²) in [6.45, 7) is 4.66. The van der Waals surface area contributed by atoms with E-state index in [1.165, 1.54) is 0 Å². The molecule has 0 unspecified atom stereocenters. The fourth-order valence-electron chi connectivity index (χ4n) is 5.29. The lowest BCUT2D eigenvalue weighted by atomic mass is 9.79. The third kappa shape index (κ3) is 3.08. The molecule has 4 aliphatic rings. The minimum Gasteiger partial charge on any atom is -0.374 e. The van der Waals surface area contributed by atoms with Gasteiger partial charge in [0.2, 0.25) is 5.91 Å². The van der Waals surface area contributed by atoms with E-state index in [0.717, 1.165) is 18.5 Å². The molecule has 1 spiro atoms. The first-order valence-electron chi connectivity index (χ1n) is 10.4. The number of carbonyl (C=O) groups is 3. The number of likely N-dealkylation sites (tertiary alicyclic amines) is 1. The van der Waals surface area contributed by atoms with Crippen LogP contribution in [-0.2, 0) is 9.53 Å². The van der Waals surface area contributed by atoms with E-state index in [-0.39, 0.29) is 41.4 Å². The standard InChI is InChI=1S/C20H27N5O4/c1-12-14(4-5-21-12)18(27)25-6-7-29-16-3-2-13(8-15(16)25)17(26)24-10-20(11-24)9-22-19(28)23-20/h4-5,13,15-16,21H,2-3,6-11H2,1H3,(H2,22,23,28)/t13-,15+,16+/m0/s1. The minimum atomic E-state index is -0.300. The maximum atomic E-state index is 13.1. The smallest absolute Gasteiger partial charge is 0.315 e. The molecule has 0 bridgehead atoms. The van der Waals surface area contributed by atoms with Gasteiger partial charge in [0, 0.05) is 44.0 Å². The molecule has 1 aliphatic carbocycles. The van der Waals surface area contributed by atoms with Gasteiger partial charge in [-0.1, -0.05) is 0 Å². The van der Waals surface area contributed by atoms with Crippen molar-refractivity contribution in [3.63, 3.8) is 0 Å². The van der Waals surface area contributed by atoms with Crippen molar-refractivity contribution in [2.45, 2.75) is 43.9 Å². The van der Waals surface area contributed by atoms with Gasteiger partial charge in [-0.2, -0.15) is 0 Å². The molecule has 9 nitrogen and oxygen atoms in total. The van der Waals surface area contributed by atoms with Crippen molar-refractivity contribution < 1.29 is 19.1 Å². The van der Waals surface area contributed by atoms with Crippen molar-refractivity contribution in [2.75, 3.05) is 32.8 Å². The van der Waals surface area contributed by atoms with Crippen LogP contribution in [0.2, 0.25) is 0 Å². The van der Waals surface area contributed by atoms with Crippen molar-refractivity contribution in [3.8, 4) is 0 Å². The lowest BCUT2D eigenvalue weighted by Gasteiger charge is -2.50. The predicted molar refractivity (Wildman–Crippen MR) is 103 cm³/mol. The Kier molecular flexibility index (Phi) is 4.31. The molecular formula is C20H27N5O4. The summed E-state index contributed by atoms with van der Waals surface area (Å²) in [5, 5.41) is 5.70. The Morgan fingerprint density at radius 3 is 2.79 bits per heavy atom. The third-order valence-corrected chi connectivity index (χ3v) is 6.88. The van der Waals surface area contributed by atoms with Crippen LogP contribution in [0, 0.1) is 12.8 Å². The molecule has 5 rings (SSSR count). The normalized spacial score (nSPS) is 30.4. The third-order valence-electron chi connectivity index (χ3n) is 6.88. The van der Waals surface area contributed by atoms with E-state index in [2.05, 4.69) is 15.6 Å². The Balaban J connectivity index is 1.26. The molecule has 3 aliphatic heterocycles. The van der Waals surface area contributed by atoms with E-state index in [4.69, 9.17) is 4.74 Å². The molecule has 4 heterocycles. The van der Waals surface area contributed by atoms with Crippen molar-refractivity contribution in [1.29, 1.82) is 0 Å². The highest BCUT2D eigenvalue weighted by atomic mass is 16.5. The number of aromatic amines is 1. The molecule has 4 amide bonds. The van der Waals surface area contributed by atoms with Crippen molar-refractivity contribution in [2.24, 2.45) is 5.92 Å². The highest BCUT2D eigenvalue weighted by Crippen LogP contribution is 2.36. The lowest BCUT2D eigenvalue weighted by molar-refractivity contribution is -0.149. The van der Waals surface area contributed by atoms with Gasteiger partial charge < -0.3 is 30.2 Å². The van der Waals surface area contributed by atoms with E-state index in [9.17, 15) is 14.4 Å². The van der Waals surface area contributed by atoms with Crippen molar-refractivity contribution in [3.05, 3.63) is 23.5 Å². The second-order valence-electron chi connectivity index (χ2n) is 8.78. The fourth-order valence-corrected chi connectivity index (χ4v) is 5.29. The number of hydrogen-bond donors (Lipinski definition) is 3. The SMILES string of the molecule is Cc1[nH]ccc1C(=O)N1CCO[C@@H]2CC[C@H](C(=O)N3CC4(CNC(=O)N4)C3)C[C@H]21. The van der Waals surface area contributed by atoms with Gasteiger partial charge in [-0.25, -0.2) is 4.79 Å². The number of nitrogens with one attached hydrogen (secondary N) is 3. The number of aryl methyl sites for hydroxylation is 1. The van der Waals surface area contributed by atoms with Gasteiger partial charge in [0.15, 0.2) is 0 Å². The summed E-state index contributed by atoms with van der Waals surface area (Å²) in [7, 11) is 0. The molecule has 156 valence electrons. The first kappa shape index (κ1) is 18.5. The van der Waals surface area contributed by atoms with Crippen LogP contribution >= 0.6 is 0 Å². The van der Waals surface area contributed by atoms with E-state index in [1.807, 2.05) is 22.8 Å². The van der Waals surface area contributed by atoms with E-state index in [0.29, 0.717) is 44.8 Å². The lowest BCUT2D eigenvalue weighted by Crippen LogP contribution is -2.71. The Morgan fingerprint density at radius 2 is 2.10 bits per heavy atom. The molecule has 0 radical (unpaired) electrons. The van der Waals surface area contributed by atoms with Gasteiger partial charge >= 0.3 is 6.03 Å². The van der Waals surface area contributed by atoms with Crippen molar-refractivity contribution >= 4 is 17.8 Å². The molecule has 1 aromatic rings. The molecule has 3 N–H and O–H groups in total. The zero-order valence-electron chi connectivity index (χ0n) is 16.6. The Hall–Kier alpha value is -2.55. The molecule has 9 heteroatoms. The summed E-state index contributed by atoms with van der Waals surface area (Å²) in [4.78, 5) is 44.4. The first-order valence-corrected chi connectivity index (χ1v) is 10.4. The zero-order chi connectivity index (χ0) is 20.2. The number of rotatable bonds is 2. The molecule has 4 fully saturated rings. The van der Waals surface area contributed by atoms with E-state index in [1.54, 1.807) is 6.20 Å². The van der Waals surface area contributed by atoms with Crippen LogP contribution in [-0.4, -0.2) is 83.1 Å². The average molecular weight is 401 g/mol. The summed E-state index contributed by atoms with van der Waals surface area (Å²) >= 11 is 0. The largest absolute Gasteiger partial charge is 0.374 e. The second kappa shape index (κ2) is 6.76. The number of fused-ring (bicyclic) bond motifs is 1. The minimum absolute atomic E-state index is 0.00273. The number of morpholine rings is 1. The zero-order valence-corrected chi connectivity index (χ0v) is 16.6. The van der Waals surface area contributed by atoms with Crippen LogP contribution in [0.1, 0.15) is 35.3 Å². The molecular weight excluding hydrogens is 374 g/mol. The molecule has 29 heavy (non-hydrogen) atoms. The van der Waals surface area contributed by atoms with Crippen LogP contribution in [0.4, 0.5) is 4.79 Å². The topological polar surface area (TPSA) is 107 Å². The maximum absolute atomic E-state index is 13.1. The summed E-state index contributed by atoms with van der Waals surface area (Å²) in [6, 6.07) is 1.58. The number of hydrogen-bond acceptors (Lipinski definition) is 4. The molecule has 3 saturated heterocycles. The van der Waals surface area contributed by atoms with Gasteiger partial charge in [-0.15, -0.1) is 0 Å². The Labute approximate surface area is 169 Å². The molecule has 0 aromatic carbocycles. The second-order valence-corrected chi connectivity index (χ2v) is 8.78. The van der Waals surface area contributed by atoms with Gasteiger partial charge in [0.05, 0.1) is 29.9 Å². The number of nitrogens with zero attached hydrogens (tertiary/aromatic N) is 2. The van der Waals surface area contributed by atoms with Crippen LogP contribution in [0.15, 0.2) is 12.3 Å². The first-order chi connectivity index (χ1) is 14.0. The Bertz CT molecular complexity index is 846. The van der Waals surface area contributed by atoms with Gasteiger partial charge in [-0.3, -0.25) is 9.59 Å². The van der Waals surface area contributed by atoms with Crippen LogP contribution in [0.3, 0.4) is 0 Å². The summed E-state index contributed by atoms with van der Waals surface area (Å²) in [5.41, 5.74) is 1.25. The summed E-state index contributed by atoms with van der Waals surface area (Å²) in [6.07, 6.45) is 3.97. The average Bonchev–Trinajstić information content (AvgIpc) is 3.30. The van der Waals surface area contributed by atoms with E-state index < -0.39 is 0 Å².